The molecule has 0 aromatic heterocycles. The molecule has 0 atom stereocenters. The van der Waals surface area contributed by atoms with E-state index < -0.39 is 17.8 Å². The van der Waals surface area contributed by atoms with Crippen LogP contribution in [0.25, 0.3) is 0 Å². The quantitative estimate of drug-likeness (QED) is 0.434. The van der Waals surface area contributed by atoms with Crippen LogP contribution in [0.3, 0.4) is 0 Å². The van der Waals surface area contributed by atoms with E-state index >= 15 is 0 Å². The second kappa shape index (κ2) is 5.88. The summed E-state index contributed by atoms with van der Waals surface area (Å²) in [5.41, 5.74) is -0.780. The lowest BCUT2D eigenvalue weighted by Crippen LogP contribution is -2.39. The monoisotopic (exact) mass is 347 g/mol. The van der Waals surface area contributed by atoms with Crippen molar-refractivity contribution in [2.75, 3.05) is 11.0 Å². The van der Waals surface area contributed by atoms with Gasteiger partial charge in [0.05, 0.1) is 0 Å². The first kappa shape index (κ1) is 13.8. The summed E-state index contributed by atoms with van der Waals surface area (Å²) in [6.07, 6.45) is -1.48. The molecule has 1 rings (SSSR count). The summed E-state index contributed by atoms with van der Waals surface area (Å²) < 4.78 is 38.7. The standard InChI is InChI=1S/C10H13F3INO/c11-10(12,13)8-4-3-5-9(16)15(8)7-2-1-6-14/h4H,1-3,5-7H2. The smallest absolute Gasteiger partial charge is 0.308 e. The number of nitrogens with zero attached hydrogens (tertiary/aromatic N) is 1. The van der Waals surface area contributed by atoms with E-state index in [1.165, 1.54) is 0 Å². The van der Waals surface area contributed by atoms with Gasteiger partial charge in [0.2, 0.25) is 5.91 Å². The van der Waals surface area contributed by atoms with Crippen molar-refractivity contribution >= 4 is 28.5 Å². The van der Waals surface area contributed by atoms with Crippen LogP contribution in [0.4, 0.5) is 13.2 Å². The van der Waals surface area contributed by atoms with Crippen molar-refractivity contribution in [3.63, 3.8) is 0 Å². The van der Waals surface area contributed by atoms with Crippen molar-refractivity contribution in [3.8, 4) is 0 Å². The Hall–Kier alpha value is -0.270. The molecule has 0 spiro atoms. The molecular weight excluding hydrogens is 334 g/mol. The van der Waals surface area contributed by atoms with Crippen LogP contribution in [0, 0.1) is 0 Å². The molecule has 0 saturated carbocycles. The molecule has 1 aliphatic rings. The molecule has 6 heteroatoms. The van der Waals surface area contributed by atoms with Crippen molar-refractivity contribution in [1.82, 2.24) is 4.90 Å². The van der Waals surface area contributed by atoms with Crippen LogP contribution in [-0.4, -0.2) is 28.0 Å². The molecule has 0 N–H and O–H groups in total. The topological polar surface area (TPSA) is 20.3 Å². The Bertz CT molecular complexity index is 288. The van der Waals surface area contributed by atoms with Gasteiger partial charge in [-0.1, -0.05) is 28.7 Å². The van der Waals surface area contributed by atoms with Crippen LogP contribution < -0.4 is 0 Å². The number of amides is 1. The molecule has 0 bridgehead atoms. The molecule has 1 heterocycles. The average molecular weight is 347 g/mol. The Morgan fingerprint density at radius 2 is 2.06 bits per heavy atom. The van der Waals surface area contributed by atoms with Crippen LogP contribution in [0.15, 0.2) is 11.8 Å². The van der Waals surface area contributed by atoms with Crippen LogP contribution >= 0.6 is 22.6 Å². The Labute approximate surface area is 106 Å². The summed E-state index contributed by atoms with van der Waals surface area (Å²) >= 11 is 2.17. The SMILES string of the molecule is O=C1CCC=C(C(F)(F)F)N1CCCCI. The van der Waals surface area contributed by atoms with Gasteiger partial charge in [0.25, 0.3) is 0 Å². The van der Waals surface area contributed by atoms with Gasteiger partial charge in [0.1, 0.15) is 5.70 Å². The first-order valence-electron chi connectivity index (χ1n) is 5.10. The number of halogens is 4. The number of hydrogen-bond acceptors (Lipinski definition) is 1. The molecular formula is C10H13F3INO. The predicted octanol–water partition coefficient (Wildman–Crippen LogP) is 3.27. The number of alkyl halides is 4. The van der Waals surface area contributed by atoms with Crippen molar-refractivity contribution in [3.05, 3.63) is 11.8 Å². The summed E-state index contributed by atoms with van der Waals surface area (Å²) in [7, 11) is 0. The lowest BCUT2D eigenvalue weighted by molar-refractivity contribution is -0.144. The van der Waals surface area contributed by atoms with Crippen molar-refractivity contribution in [2.45, 2.75) is 31.9 Å². The minimum Gasteiger partial charge on any atom is -0.308 e. The zero-order valence-corrected chi connectivity index (χ0v) is 10.8. The Kier molecular flexibility index (Phi) is 5.07. The van der Waals surface area contributed by atoms with E-state index in [9.17, 15) is 18.0 Å². The van der Waals surface area contributed by atoms with Crippen LogP contribution in [0.2, 0.25) is 0 Å². The van der Waals surface area contributed by atoms with Crippen LogP contribution in [0.1, 0.15) is 25.7 Å². The largest absolute Gasteiger partial charge is 0.431 e. The maximum Gasteiger partial charge on any atom is 0.431 e. The second-order valence-electron chi connectivity index (χ2n) is 3.57. The molecule has 0 aromatic carbocycles. The molecule has 92 valence electrons. The van der Waals surface area contributed by atoms with Gasteiger partial charge in [0, 0.05) is 13.0 Å². The van der Waals surface area contributed by atoms with Gasteiger partial charge in [0.15, 0.2) is 0 Å². The highest BCUT2D eigenvalue weighted by Gasteiger charge is 2.40. The summed E-state index contributed by atoms with van der Waals surface area (Å²) in [6, 6.07) is 0. The van der Waals surface area contributed by atoms with E-state index in [0.29, 0.717) is 6.42 Å². The van der Waals surface area contributed by atoms with Gasteiger partial charge < -0.3 is 4.90 Å². The van der Waals surface area contributed by atoms with E-state index in [2.05, 4.69) is 22.6 Å². The number of rotatable bonds is 4. The highest BCUT2D eigenvalue weighted by Crippen LogP contribution is 2.32. The molecule has 2 nitrogen and oxygen atoms in total. The first-order valence-corrected chi connectivity index (χ1v) is 6.63. The third kappa shape index (κ3) is 3.64. The maximum absolute atomic E-state index is 12.6. The lowest BCUT2D eigenvalue weighted by Gasteiger charge is -2.29. The van der Waals surface area contributed by atoms with Gasteiger partial charge in [-0.25, -0.2) is 0 Å². The normalized spacial score (nSPS) is 17.6. The first-order chi connectivity index (χ1) is 7.46. The van der Waals surface area contributed by atoms with Gasteiger partial charge in [-0.2, -0.15) is 13.2 Å². The molecule has 0 saturated heterocycles. The number of carbonyl (C=O) groups excluding carboxylic acids is 1. The zero-order chi connectivity index (χ0) is 12.2. The van der Waals surface area contributed by atoms with E-state index in [-0.39, 0.29) is 19.4 Å². The second-order valence-corrected chi connectivity index (χ2v) is 4.65. The zero-order valence-electron chi connectivity index (χ0n) is 8.69. The molecule has 0 unspecified atom stereocenters. The average Bonchev–Trinajstić information content (AvgIpc) is 2.19. The minimum atomic E-state index is -4.42. The van der Waals surface area contributed by atoms with Gasteiger partial charge in [-0.15, -0.1) is 0 Å². The van der Waals surface area contributed by atoms with Crippen molar-refractivity contribution < 1.29 is 18.0 Å². The van der Waals surface area contributed by atoms with E-state index in [1.807, 2.05) is 0 Å². The Balaban J connectivity index is 2.71. The van der Waals surface area contributed by atoms with E-state index in [0.717, 1.165) is 21.8 Å². The highest BCUT2D eigenvalue weighted by molar-refractivity contribution is 14.1. The lowest BCUT2D eigenvalue weighted by atomic mass is 10.1. The Morgan fingerprint density at radius 1 is 1.38 bits per heavy atom. The van der Waals surface area contributed by atoms with Crippen LogP contribution in [-0.2, 0) is 4.79 Å². The number of unbranched alkanes of at least 4 members (excludes halogenated alkanes) is 1. The fourth-order valence-corrected chi connectivity index (χ4v) is 2.13. The molecule has 16 heavy (non-hydrogen) atoms. The number of carbonyl (C=O) groups is 1. The number of hydrogen-bond donors (Lipinski definition) is 0. The number of allylic oxidation sites excluding steroid dienone is 2. The van der Waals surface area contributed by atoms with Gasteiger partial charge in [-0.3, -0.25) is 4.79 Å². The summed E-state index contributed by atoms with van der Waals surface area (Å²) in [5.74, 6) is -0.414. The summed E-state index contributed by atoms with van der Waals surface area (Å²) in [5, 5.41) is 0. The van der Waals surface area contributed by atoms with Crippen molar-refractivity contribution in [1.29, 1.82) is 0 Å². The predicted molar refractivity (Wildman–Crippen MR) is 63.2 cm³/mol. The summed E-state index contributed by atoms with van der Waals surface area (Å²) in [6.45, 7) is 0.174. The highest BCUT2D eigenvalue weighted by atomic mass is 127. The fourth-order valence-electron chi connectivity index (χ4n) is 1.59. The third-order valence-corrected chi connectivity index (χ3v) is 3.11. The third-order valence-electron chi connectivity index (χ3n) is 2.34. The maximum atomic E-state index is 12.6. The molecule has 0 aliphatic carbocycles. The Morgan fingerprint density at radius 3 is 2.62 bits per heavy atom. The van der Waals surface area contributed by atoms with Gasteiger partial charge in [-0.05, 0) is 23.7 Å². The molecule has 0 radical (unpaired) electrons. The molecule has 1 aliphatic heterocycles. The molecule has 0 fully saturated rings. The van der Waals surface area contributed by atoms with Crippen molar-refractivity contribution in [2.24, 2.45) is 0 Å². The van der Waals surface area contributed by atoms with Crippen LogP contribution in [0.5, 0.6) is 0 Å². The fraction of sp³-hybridized carbons (Fsp3) is 0.700. The molecule has 1 amide bonds. The summed E-state index contributed by atoms with van der Waals surface area (Å²) in [4.78, 5) is 12.3. The van der Waals surface area contributed by atoms with E-state index in [1.54, 1.807) is 0 Å². The van der Waals surface area contributed by atoms with E-state index in [4.69, 9.17) is 0 Å². The van der Waals surface area contributed by atoms with Gasteiger partial charge >= 0.3 is 6.18 Å². The minimum absolute atomic E-state index is 0.174. The molecule has 0 aromatic rings.